The molecule has 0 saturated heterocycles. The van der Waals surface area contributed by atoms with Crippen molar-refractivity contribution in [3.63, 3.8) is 0 Å². The summed E-state index contributed by atoms with van der Waals surface area (Å²) >= 11 is 0. The van der Waals surface area contributed by atoms with E-state index in [2.05, 4.69) is 0 Å². The first-order chi connectivity index (χ1) is 12.1. The first-order valence-electron chi connectivity index (χ1n) is 8.49. The molecular formula is C21H21NO3. The average molecular weight is 335 g/mol. The Kier molecular flexibility index (Phi) is 4.70. The van der Waals surface area contributed by atoms with Crippen molar-refractivity contribution >= 4 is 16.9 Å². The van der Waals surface area contributed by atoms with Crippen molar-refractivity contribution in [1.82, 2.24) is 4.90 Å². The molecule has 0 atom stereocenters. The van der Waals surface area contributed by atoms with Crippen LogP contribution < -0.4 is 5.43 Å². The van der Waals surface area contributed by atoms with Crippen LogP contribution in [0.2, 0.25) is 0 Å². The smallest absolute Gasteiger partial charge is 0.261 e. The van der Waals surface area contributed by atoms with Crippen molar-refractivity contribution < 1.29 is 9.21 Å². The summed E-state index contributed by atoms with van der Waals surface area (Å²) in [6, 6.07) is 15.2. The molecule has 3 aromatic rings. The first kappa shape index (κ1) is 17.0. The topological polar surface area (TPSA) is 50.5 Å². The third-order valence-corrected chi connectivity index (χ3v) is 4.44. The van der Waals surface area contributed by atoms with Crippen LogP contribution in [0.25, 0.3) is 22.1 Å². The molecular weight excluding hydrogens is 314 g/mol. The van der Waals surface area contributed by atoms with Crippen molar-refractivity contribution in [3.8, 4) is 11.1 Å². The van der Waals surface area contributed by atoms with Crippen LogP contribution in [0.15, 0.2) is 57.7 Å². The van der Waals surface area contributed by atoms with E-state index in [1.165, 1.54) is 0 Å². The number of carbonyl (C=O) groups excluding carboxylic acids is 1. The second-order valence-electron chi connectivity index (χ2n) is 5.89. The van der Waals surface area contributed by atoms with Crippen LogP contribution >= 0.6 is 0 Å². The van der Waals surface area contributed by atoms with Crippen LogP contribution in [0.3, 0.4) is 0 Å². The van der Waals surface area contributed by atoms with Crippen LogP contribution in [-0.2, 0) is 0 Å². The lowest BCUT2D eigenvalue weighted by Gasteiger charge is -2.19. The van der Waals surface area contributed by atoms with Gasteiger partial charge in [0.1, 0.15) is 16.9 Å². The van der Waals surface area contributed by atoms with E-state index >= 15 is 0 Å². The maximum absolute atomic E-state index is 13.0. The van der Waals surface area contributed by atoms with Gasteiger partial charge in [0.05, 0.1) is 5.39 Å². The molecule has 0 fully saturated rings. The van der Waals surface area contributed by atoms with Gasteiger partial charge in [-0.3, -0.25) is 9.59 Å². The molecule has 0 unspecified atom stereocenters. The number of carbonyl (C=O) groups is 1. The van der Waals surface area contributed by atoms with Gasteiger partial charge >= 0.3 is 0 Å². The van der Waals surface area contributed by atoms with Gasteiger partial charge in [0.2, 0.25) is 5.43 Å². The van der Waals surface area contributed by atoms with E-state index in [-0.39, 0.29) is 16.9 Å². The maximum Gasteiger partial charge on any atom is 0.261 e. The quantitative estimate of drug-likeness (QED) is 0.716. The van der Waals surface area contributed by atoms with E-state index in [1.54, 1.807) is 17.9 Å². The number of fused-ring (bicyclic) bond motifs is 1. The highest BCUT2D eigenvalue weighted by Gasteiger charge is 2.23. The molecule has 0 aliphatic rings. The molecule has 0 aliphatic carbocycles. The summed E-state index contributed by atoms with van der Waals surface area (Å²) in [7, 11) is 0. The molecule has 4 heteroatoms. The van der Waals surface area contributed by atoms with Gasteiger partial charge in [-0.15, -0.1) is 0 Å². The molecule has 0 bridgehead atoms. The Bertz CT molecular complexity index is 970. The van der Waals surface area contributed by atoms with E-state index in [9.17, 15) is 9.59 Å². The van der Waals surface area contributed by atoms with E-state index in [1.807, 2.05) is 56.3 Å². The molecule has 0 radical (unpaired) electrons. The second-order valence-corrected chi connectivity index (χ2v) is 5.89. The monoisotopic (exact) mass is 335 g/mol. The molecule has 0 N–H and O–H groups in total. The Morgan fingerprint density at radius 3 is 2.32 bits per heavy atom. The summed E-state index contributed by atoms with van der Waals surface area (Å²) < 4.78 is 5.97. The van der Waals surface area contributed by atoms with Crippen molar-refractivity contribution in [2.45, 2.75) is 20.8 Å². The number of aryl methyl sites for hydroxylation is 1. The average Bonchev–Trinajstić information content (AvgIpc) is 2.63. The molecule has 4 nitrogen and oxygen atoms in total. The Labute approximate surface area is 146 Å². The summed E-state index contributed by atoms with van der Waals surface area (Å²) in [6.45, 7) is 6.58. The summed E-state index contributed by atoms with van der Waals surface area (Å²) in [4.78, 5) is 27.3. The lowest BCUT2D eigenvalue weighted by atomic mass is 10.0. The first-order valence-corrected chi connectivity index (χ1v) is 8.49. The third-order valence-electron chi connectivity index (χ3n) is 4.44. The van der Waals surface area contributed by atoms with Crippen LogP contribution in [0.5, 0.6) is 0 Å². The summed E-state index contributed by atoms with van der Waals surface area (Å²) in [5.74, 6) is 0.0843. The zero-order valence-corrected chi connectivity index (χ0v) is 14.7. The number of nitrogens with zero attached hydrogens (tertiary/aromatic N) is 1. The summed E-state index contributed by atoms with van der Waals surface area (Å²) in [5, 5.41) is 0.433. The number of para-hydroxylation sites is 1. The Morgan fingerprint density at radius 1 is 1.00 bits per heavy atom. The molecule has 3 rings (SSSR count). The Hall–Kier alpha value is -2.88. The number of amides is 1. The highest BCUT2D eigenvalue weighted by atomic mass is 16.3. The SMILES string of the molecule is CCN(CC)C(=O)c1c(C)oc2c(-c3ccccc3)cccc2c1=O. The molecule has 1 aromatic heterocycles. The molecule has 128 valence electrons. The van der Waals surface area contributed by atoms with Gasteiger partial charge < -0.3 is 9.32 Å². The number of rotatable bonds is 4. The predicted octanol–water partition coefficient (Wildman–Crippen LogP) is 4.25. The normalized spacial score (nSPS) is 10.8. The van der Waals surface area contributed by atoms with Gasteiger partial charge in [-0.25, -0.2) is 0 Å². The van der Waals surface area contributed by atoms with Gasteiger partial charge in [0, 0.05) is 18.7 Å². The van der Waals surface area contributed by atoms with Crippen LogP contribution in [0.4, 0.5) is 0 Å². The lowest BCUT2D eigenvalue weighted by Crippen LogP contribution is -2.34. The van der Waals surface area contributed by atoms with Gasteiger partial charge in [0.25, 0.3) is 5.91 Å². The lowest BCUT2D eigenvalue weighted by molar-refractivity contribution is 0.0768. The van der Waals surface area contributed by atoms with E-state index in [4.69, 9.17) is 4.42 Å². The molecule has 1 heterocycles. The minimum Gasteiger partial charge on any atom is -0.460 e. The molecule has 25 heavy (non-hydrogen) atoms. The fourth-order valence-electron chi connectivity index (χ4n) is 3.09. The predicted molar refractivity (Wildman–Crippen MR) is 99.9 cm³/mol. The van der Waals surface area contributed by atoms with Gasteiger partial charge in [-0.2, -0.15) is 0 Å². The summed E-state index contributed by atoms with van der Waals surface area (Å²) in [6.07, 6.45) is 0. The Balaban J connectivity index is 2.26. The summed E-state index contributed by atoms with van der Waals surface area (Å²) in [5.41, 5.74) is 2.20. The van der Waals surface area contributed by atoms with Crippen molar-refractivity contribution in [3.05, 3.63) is 70.1 Å². The minimum atomic E-state index is -0.275. The highest BCUT2D eigenvalue weighted by molar-refractivity contribution is 6.00. The zero-order chi connectivity index (χ0) is 18.0. The molecule has 0 spiro atoms. The molecule has 1 amide bonds. The minimum absolute atomic E-state index is 0.126. The fraction of sp³-hybridized carbons (Fsp3) is 0.238. The largest absolute Gasteiger partial charge is 0.460 e. The fourth-order valence-corrected chi connectivity index (χ4v) is 3.09. The van der Waals surface area contributed by atoms with E-state index in [0.29, 0.717) is 29.8 Å². The number of hydrogen-bond acceptors (Lipinski definition) is 3. The van der Waals surface area contributed by atoms with Crippen molar-refractivity contribution in [2.24, 2.45) is 0 Å². The zero-order valence-electron chi connectivity index (χ0n) is 14.7. The molecule has 0 aliphatic heterocycles. The molecule has 2 aromatic carbocycles. The van der Waals surface area contributed by atoms with Gasteiger partial charge in [0.15, 0.2) is 0 Å². The maximum atomic E-state index is 13.0. The Morgan fingerprint density at radius 2 is 1.68 bits per heavy atom. The number of hydrogen-bond donors (Lipinski definition) is 0. The number of benzene rings is 2. The van der Waals surface area contributed by atoms with Gasteiger partial charge in [-0.05, 0) is 32.4 Å². The second kappa shape index (κ2) is 6.93. The standard InChI is InChI=1S/C21H21NO3/c1-4-22(5-2)21(24)18-14(3)25-20-16(15-10-7-6-8-11-15)12-9-13-17(20)19(18)23/h6-13H,4-5H2,1-3H3. The van der Waals surface area contributed by atoms with E-state index in [0.717, 1.165) is 11.1 Å². The van der Waals surface area contributed by atoms with Crippen LogP contribution in [-0.4, -0.2) is 23.9 Å². The van der Waals surface area contributed by atoms with Crippen LogP contribution in [0.1, 0.15) is 30.0 Å². The van der Waals surface area contributed by atoms with Crippen LogP contribution in [0, 0.1) is 6.92 Å². The highest BCUT2D eigenvalue weighted by Crippen LogP contribution is 2.28. The third kappa shape index (κ3) is 2.95. The molecule has 0 saturated carbocycles. The van der Waals surface area contributed by atoms with Gasteiger partial charge in [-0.1, -0.05) is 42.5 Å². The van der Waals surface area contributed by atoms with E-state index < -0.39 is 0 Å². The van der Waals surface area contributed by atoms with Crippen molar-refractivity contribution in [1.29, 1.82) is 0 Å². The van der Waals surface area contributed by atoms with Crippen molar-refractivity contribution in [2.75, 3.05) is 13.1 Å².